The first-order chi connectivity index (χ1) is 7.49. The van der Waals surface area contributed by atoms with Gasteiger partial charge in [-0.1, -0.05) is 6.90 Å². The Labute approximate surface area is 88.5 Å². The van der Waals surface area contributed by atoms with Crippen molar-refractivity contribution < 1.29 is 31.6 Å². The molecule has 1 aliphatic rings. The predicted octanol–water partition coefficient (Wildman–Crippen LogP) is -1.36. The van der Waals surface area contributed by atoms with E-state index in [9.17, 15) is 20.4 Å². The lowest BCUT2D eigenvalue weighted by molar-refractivity contribution is -0.144. The fraction of sp³-hybridized carbons (Fsp3) is 0.778. The van der Waals surface area contributed by atoms with Gasteiger partial charge in [0.25, 0.3) is 0 Å². The molecule has 0 bridgehead atoms. The Morgan fingerprint density at radius 2 is 2.13 bits per heavy atom. The lowest BCUT2D eigenvalue weighted by atomic mass is 10.0. The molecule has 0 amide bonds. The second-order valence-corrected chi connectivity index (χ2v) is 3.33. The first-order valence-corrected chi connectivity index (χ1v) is 4.55. The van der Waals surface area contributed by atoms with Crippen LogP contribution >= 0.6 is 0 Å². The summed E-state index contributed by atoms with van der Waals surface area (Å²) in [5, 5.41) is 46.6. The summed E-state index contributed by atoms with van der Waals surface area (Å²) in [7, 11) is 0. The van der Waals surface area contributed by atoms with Gasteiger partial charge in [0.05, 0.1) is 0 Å². The molecule has 0 spiro atoms. The van der Waals surface area contributed by atoms with Crippen molar-refractivity contribution in [3.8, 4) is 0 Å². The third kappa shape index (κ3) is 2.47. The second kappa shape index (κ2) is 4.91. The molecule has 1 saturated heterocycles. The first kappa shape index (κ1) is 10.8. The molecule has 0 aromatic carbocycles. The van der Waals surface area contributed by atoms with E-state index in [1.807, 2.05) is 0 Å². The number of aliphatic hydroxyl groups excluding tert-OH is 5. The standard InChI is InChI=1S/C9H16O6/c1-2-3-4(10)5(11)8-6(12)7(13)9(14)15-8/h3,5-14H,2H2,1H3/t5-,6-,7-,8-,9?/m1/s1/i1D. The average Bonchev–Trinajstić information content (AvgIpc) is 2.52. The Kier molecular flexibility index (Phi) is 3.55. The van der Waals surface area contributed by atoms with Gasteiger partial charge in [-0.15, -0.1) is 0 Å². The van der Waals surface area contributed by atoms with Crippen molar-refractivity contribution in [3.63, 3.8) is 0 Å². The molecule has 0 radical (unpaired) electrons. The van der Waals surface area contributed by atoms with Crippen LogP contribution in [0.25, 0.3) is 0 Å². The smallest absolute Gasteiger partial charge is 0.184 e. The van der Waals surface area contributed by atoms with Gasteiger partial charge >= 0.3 is 0 Å². The van der Waals surface area contributed by atoms with E-state index in [0.29, 0.717) is 0 Å². The van der Waals surface area contributed by atoms with Crippen LogP contribution in [0.15, 0.2) is 11.8 Å². The highest BCUT2D eigenvalue weighted by Gasteiger charge is 2.46. The largest absolute Gasteiger partial charge is 0.510 e. The lowest BCUT2D eigenvalue weighted by Gasteiger charge is -2.20. The normalized spacial score (nSPS) is 40.3. The summed E-state index contributed by atoms with van der Waals surface area (Å²) < 4.78 is 11.6. The summed E-state index contributed by atoms with van der Waals surface area (Å²) >= 11 is 0. The van der Waals surface area contributed by atoms with Gasteiger partial charge in [-0.3, -0.25) is 0 Å². The molecular formula is C9H16O6. The van der Waals surface area contributed by atoms with E-state index >= 15 is 0 Å². The zero-order chi connectivity index (χ0) is 12.3. The maximum atomic E-state index is 9.56. The molecule has 1 aliphatic heterocycles. The van der Waals surface area contributed by atoms with Crippen LogP contribution in [0, 0.1) is 0 Å². The number of hydrogen-bond acceptors (Lipinski definition) is 6. The Morgan fingerprint density at radius 3 is 2.60 bits per heavy atom. The van der Waals surface area contributed by atoms with Crippen LogP contribution in [-0.4, -0.2) is 56.2 Å². The molecule has 0 aromatic heterocycles. The van der Waals surface area contributed by atoms with Crippen molar-refractivity contribution in [2.24, 2.45) is 0 Å². The van der Waals surface area contributed by atoms with Gasteiger partial charge in [-0.05, 0) is 12.5 Å². The van der Waals surface area contributed by atoms with Crippen molar-refractivity contribution in [2.45, 2.75) is 44.0 Å². The van der Waals surface area contributed by atoms with E-state index in [-0.39, 0.29) is 13.3 Å². The van der Waals surface area contributed by atoms with Crippen molar-refractivity contribution in [1.82, 2.24) is 0 Å². The highest BCUT2D eigenvalue weighted by molar-refractivity contribution is 5.05. The minimum absolute atomic E-state index is 0.0517. The zero-order valence-electron chi connectivity index (χ0n) is 9.02. The molecular weight excluding hydrogens is 204 g/mol. The van der Waals surface area contributed by atoms with Crippen LogP contribution in [0.5, 0.6) is 0 Å². The summed E-state index contributed by atoms with van der Waals surface area (Å²) in [5.41, 5.74) is 0. The Balaban J connectivity index is 2.64. The van der Waals surface area contributed by atoms with Crippen LogP contribution in [0.1, 0.15) is 14.7 Å². The minimum Gasteiger partial charge on any atom is -0.510 e. The molecule has 0 saturated carbocycles. The van der Waals surface area contributed by atoms with Gasteiger partial charge in [0, 0.05) is 1.37 Å². The molecule has 0 aliphatic carbocycles. The number of ether oxygens (including phenoxy) is 1. The first-order valence-electron chi connectivity index (χ1n) is 5.25. The van der Waals surface area contributed by atoms with Crippen molar-refractivity contribution in [2.75, 3.05) is 0 Å². The third-order valence-corrected chi connectivity index (χ3v) is 2.24. The summed E-state index contributed by atoms with van der Waals surface area (Å²) in [6.07, 6.45) is -5.92. The molecule has 15 heavy (non-hydrogen) atoms. The molecule has 1 unspecified atom stereocenters. The van der Waals surface area contributed by atoms with E-state index in [4.69, 9.17) is 11.2 Å². The zero-order valence-corrected chi connectivity index (χ0v) is 8.02. The van der Waals surface area contributed by atoms with Crippen LogP contribution in [-0.2, 0) is 4.74 Å². The lowest BCUT2D eigenvalue weighted by Crippen LogP contribution is -2.39. The van der Waals surface area contributed by atoms with Crippen molar-refractivity contribution in [1.29, 1.82) is 0 Å². The maximum absolute atomic E-state index is 9.56. The van der Waals surface area contributed by atoms with Gasteiger partial charge in [0.2, 0.25) is 0 Å². The molecule has 6 nitrogen and oxygen atoms in total. The average molecular weight is 221 g/mol. The predicted molar refractivity (Wildman–Crippen MR) is 49.9 cm³/mol. The van der Waals surface area contributed by atoms with Crippen molar-refractivity contribution >= 4 is 0 Å². The Hall–Kier alpha value is -0.660. The summed E-state index contributed by atoms with van der Waals surface area (Å²) in [5.74, 6) is -0.447. The van der Waals surface area contributed by atoms with Crippen LogP contribution in [0.2, 0.25) is 0 Å². The Bertz CT molecular complexity index is 258. The molecule has 5 N–H and O–H groups in total. The fourth-order valence-corrected chi connectivity index (χ4v) is 1.38. The third-order valence-electron chi connectivity index (χ3n) is 2.24. The summed E-state index contributed by atoms with van der Waals surface area (Å²) in [6, 6.07) is 0. The summed E-state index contributed by atoms with van der Waals surface area (Å²) in [4.78, 5) is 0. The van der Waals surface area contributed by atoms with E-state index in [0.717, 1.165) is 0 Å². The molecule has 1 rings (SSSR count). The maximum Gasteiger partial charge on any atom is 0.184 e. The van der Waals surface area contributed by atoms with Crippen LogP contribution in [0.3, 0.4) is 0 Å². The SMILES string of the molecule is [2H]CCC=C(O)[C@@H](O)[C@H]1OC(O)[C@H](O)[C@H]1O. The monoisotopic (exact) mass is 221 g/mol. The number of allylic oxidation sites excluding steroid dienone is 1. The van der Waals surface area contributed by atoms with E-state index in [2.05, 4.69) is 0 Å². The quantitative estimate of drug-likeness (QED) is 0.376. The fourth-order valence-electron chi connectivity index (χ4n) is 1.38. The Morgan fingerprint density at radius 1 is 1.47 bits per heavy atom. The molecule has 88 valence electrons. The second-order valence-electron chi connectivity index (χ2n) is 3.33. The van der Waals surface area contributed by atoms with Gasteiger partial charge in [0.1, 0.15) is 30.2 Å². The minimum atomic E-state index is -1.58. The number of aliphatic hydroxyl groups is 5. The van der Waals surface area contributed by atoms with Gasteiger partial charge in [0.15, 0.2) is 6.29 Å². The highest BCUT2D eigenvalue weighted by atomic mass is 16.6. The van der Waals surface area contributed by atoms with Gasteiger partial charge < -0.3 is 30.3 Å². The number of hydrogen-bond donors (Lipinski definition) is 5. The molecule has 5 atom stereocenters. The molecule has 6 heteroatoms. The van der Waals surface area contributed by atoms with Crippen molar-refractivity contribution in [3.05, 3.63) is 11.8 Å². The topological polar surface area (TPSA) is 110 Å². The summed E-state index contributed by atoms with van der Waals surface area (Å²) in [6.45, 7) is 0.0517. The van der Waals surface area contributed by atoms with E-state index in [1.165, 1.54) is 6.08 Å². The van der Waals surface area contributed by atoms with Gasteiger partial charge in [-0.2, -0.15) is 0 Å². The highest BCUT2D eigenvalue weighted by Crippen LogP contribution is 2.24. The van der Waals surface area contributed by atoms with Gasteiger partial charge in [-0.25, -0.2) is 0 Å². The van der Waals surface area contributed by atoms with E-state index in [1.54, 1.807) is 0 Å². The number of rotatable bonds is 3. The molecule has 0 aromatic rings. The van der Waals surface area contributed by atoms with E-state index < -0.39 is 36.5 Å². The van der Waals surface area contributed by atoms with Crippen LogP contribution in [0.4, 0.5) is 0 Å². The molecule has 1 heterocycles. The molecule has 1 fully saturated rings. The van der Waals surface area contributed by atoms with Crippen LogP contribution < -0.4 is 0 Å².